The number of benzene rings is 1. The molecule has 1 aromatic rings. The maximum absolute atomic E-state index is 12.7. The highest BCUT2D eigenvalue weighted by Crippen LogP contribution is 2.30. The molecule has 3 unspecified atom stereocenters. The molecule has 3 rings (SSSR count). The highest BCUT2D eigenvalue weighted by atomic mass is 16.6. The number of amides is 1. The van der Waals surface area contributed by atoms with Gasteiger partial charge in [0.05, 0.1) is 6.54 Å². The van der Waals surface area contributed by atoms with E-state index in [0.717, 1.165) is 18.7 Å². The van der Waals surface area contributed by atoms with Crippen LogP contribution in [0, 0.1) is 5.41 Å². The molecule has 2 saturated heterocycles. The summed E-state index contributed by atoms with van der Waals surface area (Å²) in [6, 6.07) is 6.01. The average Bonchev–Trinajstić information content (AvgIpc) is 3.15. The molecule has 0 bridgehead atoms. The number of hydrogen-bond donors (Lipinski definition) is 5. The van der Waals surface area contributed by atoms with Crippen molar-refractivity contribution < 1.29 is 24.2 Å². The number of aliphatic carboxylic acids is 1. The number of piperazine rings is 1. The fourth-order valence-corrected chi connectivity index (χ4v) is 4.29. The minimum Gasteiger partial charge on any atom is -0.490 e. The maximum Gasteiger partial charge on any atom is 0.412 e. The van der Waals surface area contributed by atoms with E-state index in [-0.39, 0.29) is 25.4 Å². The third-order valence-corrected chi connectivity index (χ3v) is 6.02. The predicted molar refractivity (Wildman–Crippen MR) is 118 cm³/mol. The lowest BCUT2D eigenvalue weighted by molar-refractivity contribution is -0.138. The number of carbonyl (C=O) groups is 2. The molecule has 2 fully saturated rings. The van der Waals surface area contributed by atoms with E-state index in [0.29, 0.717) is 25.3 Å². The first-order valence-corrected chi connectivity index (χ1v) is 10.8. The molecule has 0 spiro atoms. The number of hydrogen-bond acceptors (Lipinski definition) is 8. The van der Waals surface area contributed by atoms with E-state index >= 15 is 0 Å². The largest absolute Gasteiger partial charge is 0.490 e. The van der Waals surface area contributed by atoms with Crippen LogP contribution in [0.25, 0.3) is 0 Å². The number of rotatable bonds is 10. The van der Waals surface area contributed by atoms with Gasteiger partial charge in [0.1, 0.15) is 24.2 Å². The smallest absolute Gasteiger partial charge is 0.412 e. The third-order valence-electron chi connectivity index (χ3n) is 6.02. The van der Waals surface area contributed by atoms with E-state index < -0.39 is 29.9 Å². The lowest BCUT2D eigenvalue weighted by Gasteiger charge is -2.48. The van der Waals surface area contributed by atoms with Crippen LogP contribution in [0.5, 0.6) is 5.75 Å². The maximum atomic E-state index is 12.7. The van der Waals surface area contributed by atoms with Gasteiger partial charge in [-0.3, -0.25) is 20.0 Å². The Morgan fingerprint density at radius 1 is 1.38 bits per heavy atom. The van der Waals surface area contributed by atoms with Crippen molar-refractivity contribution in [1.82, 2.24) is 15.1 Å². The van der Waals surface area contributed by atoms with E-state index in [1.165, 1.54) is 0 Å². The molecule has 176 valence electrons. The van der Waals surface area contributed by atoms with E-state index in [1.807, 2.05) is 6.92 Å². The number of carboxylic acids is 1. The van der Waals surface area contributed by atoms with Crippen LogP contribution < -0.4 is 21.5 Å². The van der Waals surface area contributed by atoms with Crippen LogP contribution in [0.15, 0.2) is 24.3 Å². The number of nitrogens with zero attached hydrogens (tertiary/aromatic N) is 2. The van der Waals surface area contributed by atoms with Crippen LogP contribution in [-0.4, -0.2) is 89.9 Å². The molecule has 0 aromatic heterocycles. The molecule has 2 heterocycles. The van der Waals surface area contributed by atoms with Crippen molar-refractivity contribution in [3.05, 3.63) is 29.8 Å². The van der Waals surface area contributed by atoms with Crippen LogP contribution in [0.4, 0.5) is 4.79 Å². The summed E-state index contributed by atoms with van der Waals surface area (Å²) in [5.41, 5.74) is 11.4. The highest BCUT2D eigenvalue weighted by molar-refractivity contribution is 5.91. The summed E-state index contributed by atoms with van der Waals surface area (Å²) in [6.45, 7) is 5.21. The Bertz CT molecular complexity index is 828. The zero-order valence-electron chi connectivity index (χ0n) is 18.3. The first kappa shape index (κ1) is 23.8. The van der Waals surface area contributed by atoms with Gasteiger partial charge in [0.2, 0.25) is 0 Å². The molecule has 11 heteroatoms. The molecule has 0 aliphatic carbocycles. The van der Waals surface area contributed by atoms with Gasteiger partial charge in [-0.05, 0) is 30.5 Å². The summed E-state index contributed by atoms with van der Waals surface area (Å²) in [4.78, 5) is 27.2. The van der Waals surface area contributed by atoms with Crippen LogP contribution in [-0.2, 0) is 16.0 Å². The van der Waals surface area contributed by atoms with Crippen molar-refractivity contribution in [2.45, 2.75) is 37.6 Å². The number of nitrogens with two attached hydrogens (primary N) is 2. The lowest BCUT2D eigenvalue weighted by atomic mass is 9.99. The molecular weight excluding hydrogens is 416 g/mol. The Morgan fingerprint density at radius 2 is 2.03 bits per heavy atom. The molecule has 1 aromatic carbocycles. The molecule has 1 amide bonds. The van der Waals surface area contributed by atoms with E-state index in [9.17, 15) is 9.59 Å². The number of ether oxygens (including phenoxy) is 2. The molecule has 3 atom stereocenters. The molecule has 0 saturated carbocycles. The van der Waals surface area contributed by atoms with Gasteiger partial charge in [0.25, 0.3) is 0 Å². The molecule has 2 aliphatic rings. The number of carboxylic acid groups (broad SMARTS) is 1. The van der Waals surface area contributed by atoms with Crippen molar-refractivity contribution in [2.24, 2.45) is 11.5 Å². The zero-order valence-corrected chi connectivity index (χ0v) is 18.3. The number of amidine groups is 1. The van der Waals surface area contributed by atoms with Gasteiger partial charge in [-0.25, -0.2) is 4.79 Å². The Morgan fingerprint density at radius 3 is 2.59 bits per heavy atom. The molecular formula is C21H32N6O5. The summed E-state index contributed by atoms with van der Waals surface area (Å²) in [6.07, 6.45) is -0.311. The Kier molecular flexibility index (Phi) is 7.54. The minimum absolute atomic E-state index is 0.0735. The SMILES string of the molecule is CCC(C(=N)N)(N1CCNCC1)N1CC(COc2ccc(CC(N)C(=O)O)cc2)OC1=O. The summed E-state index contributed by atoms with van der Waals surface area (Å²) in [5.74, 6) is -0.550. The number of carbonyl (C=O) groups excluding carboxylic acids is 1. The average molecular weight is 449 g/mol. The standard InChI is InChI=1S/C21H32N6O5/c1-2-21(19(23)24,26-9-7-25-8-10-26)27-12-16(32-20(27)30)13-31-15-5-3-14(4-6-15)11-17(22)18(28)29/h3-6,16-17,25H,2,7-13,22H2,1H3,(H3,23,24)(H,28,29). The summed E-state index contributed by atoms with van der Waals surface area (Å²) < 4.78 is 11.3. The summed E-state index contributed by atoms with van der Waals surface area (Å²) in [5, 5.41) is 20.5. The fourth-order valence-electron chi connectivity index (χ4n) is 4.29. The summed E-state index contributed by atoms with van der Waals surface area (Å²) in [7, 11) is 0. The van der Waals surface area contributed by atoms with Gasteiger partial charge in [0, 0.05) is 26.2 Å². The topological polar surface area (TPSA) is 167 Å². The molecule has 11 nitrogen and oxygen atoms in total. The third kappa shape index (κ3) is 4.95. The second-order valence-electron chi connectivity index (χ2n) is 8.04. The van der Waals surface area contributed by atoms with Crippen molar-refractivity contribution in [3.63, 3.8) is 0 Å². The molecule has 2 aliphatic heterocycles. The number of nitrogens with one attached hydrogen (secondary N) is 2. The molecule has 32 heavy (non-hydrogen) atoms. The van der Waals surface area contributed by atoms with Gasteiger partial charge in [0.15, 0.2) is 11.8 Å². The van der Waals surface area contributed by atoms with Gasteiger partial charge in [-0.2, -0.15) is 0 Å². The van der Waals surface area contributed by atoms with Gasteiger partial charge >= 0.3 is 12.1 Å². The van der Waals surface area contributed by atoms with Crippen molar-refractivity contribution in [3.8, 4) is 5.75 Å². The van der Waals surface area contributed by atoms with E-state index in [4.69, 9.17) is 31.5 Å². The first-order valence-electron chi connectivity index (χ1n) is 10.8. The van der Waals surface area contributed by atoms with Crippen molar-refractivity contribution in [1.29, 1.82) is 5.41 Å². The highest BCUT2D eigenvalue weighted by Gasteiger charge is 2.51. The molecule has 7 N–H and O–H groups in total. The van der Waals surface area contributed by atoms with Crippen molar-refractivity contribution >= 4 is 17.9 Å². The quantitative estimate of drug-likeness (QED) is 0.240. The van der Waals surface area contributed by atoms with E-state index in [1.54, 1.807) is 29.2 Å². The lowest BCUT2D eigenvalue weighted by Crippen LogP contribution is -2.70. The fraction of sp³-hybridized carbons (Fsp3) is 0.571. The van der Waals surface area contributed by atoms with Gasteiger partial charge in [-0.1, -0.05) is 19.1 Å². The van der Waals surface area contributed by atoms with Crippen molar-refractivity contribution in [2.75, 3.05) is 39.3 Å². The Balaban J connectivity index is 1.62. The van der Waals surface area contributed by atoms with Crippen LogP contribution in [0.2, 0.25) is 0 Å². The van der Waals surface area contributed by atoms with Crippen LogP contribution in [0.3, 0.4) is 0 Å². The number of cyclic esters (lactones) is 1. The Hall–Kier alpha value is -2.89. The molecule has 0 radical (unpaired) electrons. The second-order valence-corrected chi connectivity index (χ2v) is 8.04. The predicted octanol–water partition coefficient (Wildman–Crippen LogP) is -0.212. The normalized spacial score (nSPS) is 22.1. The van der Waals surface area contributed by atoms with Gasteiger partial charge in [-0.15, -0.1) is 0 Å². The van der Waals surface area contributed by atoms with Crippen LogP contribution >= 0.6 is 0 Å². The van der Waals surface area contributed by atoms with Crippen LogP contribution in [0.1, 0.15) is 18.9 Å². The van der Waals surface area contributed by atoms with Gasteiger partial charge < -0.3 is 31.4 Å². The first-order chi connectivity index (χ1) is 15.3. The Labute approximate surface area is 187 Å². The van der Waals surface area contributed by atoms with E-state index in [2.05, 4.69) is 10.2 Å². The second kappa shape index (κ2) is 10.2. The monoisotopic (exact) mass is 448 g/mol. The summed E-state index contributed by atoms with van der Waals surface area (Å²) >= 11 is 0. The minimum atomic E-state index is -1.05. The zero-order chi connectivity index (χ0) is 23.3.